The van der Waals surface area contributed by atoms with Crippen LogP contribution in [0.2, 0.25) is 0 Å². The van der Waals surface area contributed by atoms with Gasteiger partial charge in [-0.05, 0) is 31.0 Å². The molecule has 1 unspecified atom stereocenters. The average Bonchev–Trinajstić information content (AvgIpc) is 2.28. The fourth-order valence-corrected chi connectivity index (χ4v) is 3.98. The molecule has 1 aromatic carbocycles. The summed E-state index contributed by atoms with van der Waals surface area (Å²) >= 11 is 0. The van der Waals surface area contributed by atoms with Crippen molar-refractivity contribution in [2.45, 2.75) is 38.6 Å². The van der Waals surface area contributed by atoms with Gasteiger partial charge < -0.3 is 5.32 Å². The summed E-state index contributed by atoms with van der Waals surface area (Å²) in [6.45, 7) is 8.70. The number of hydrogen-bond donors (Lipinski definition) is 1. The first-order chi connectivity index (χ1) is 8.38. The lowest BCUT2D eigenvalue weighted by Gasteiger charge is -2.22. The van der Waals surface area contributed by atoms with Crippen molar-refractivity contribution in [2.24, 2.45) is 5.92 Å². The van der Waals surface area contributed by atoms with Gasteiger partial charge in [0.25, 0.3) is 0 Å². The van der Waals surface area contributed by atoms with Gasteiger partial charge in [-0.3, -0.25) is 0 Å². The fraction of sp³-hybridized carbons (Fsp3) is 0.571. The van der Waals surface area contributed by atoms with E-state index in [-0.39, 0.29) is 11.8 Å². The normalized spacial score (nSPS) is 13.8. The van der Waals surface area contributed by atoms with E-state index in [4.69, 9.17) is 0 Å². The van der Waals surface area contributed by atoms with Crippen LogP contribution in [0.4, 0.5) is 0 Å². The molecule has 0 aliphatic rings. The molecule has 0 spiro atoms. The van der Waals surface area contributed by atoms with Crippen molar-refractivity contribution in [2.75, 3.05) is 12.3 Å². The van der Waals surface area contributed by atoms with Gasteiger partial charge in [0.1, 0.15) is 0 Å². The summed E-state index contributed by atoms with van der Waals surface area (Å²) in [7, 11) is -3.22. The Labute approximate surface area is 111 Å². The number of aryl methyl sites for hydroxylation is 1. The van der Waals surface area contributed by atoms with Gasteiger partial charge >= 0.3 is 0 Å². The van der Waals surface area contributed by atoms with E-state index in [1.54, 1.807) is 12.1 Å². The summed E-state index contributed by atoms with van der Waals surface area (Å²) in [5.74, 6) is 0.451. The van der Waals surface area contributed by atoms with Crippen molar-refractivity contribution >= 4 is 9.84 Å². The first-order valence-electron chi connectivity index (χ1n) is 6.40. The van der Waals surface area contributed by atoms with Crippen molar-refractivity contribution in [3.63, 3.8) is 0 Å². The van der Waals surface area contributed by atoms with Gasteiger partial charge in [-0.1, -0.05) is 39.0 Å². The lowest BCUT2D eigenvalue weighted by atomic mass is 10.1. The largest absolute Gasteiger partial charge is 0.313 e. The van der Waals surface area contributed by atoms with Gasteiger partial charge in [-0.25, -0.2) is 8.42 Å². The standard InChI is InChI=1S/C14H23NO2S/c1-5-15-13(11(2)3)10-18(16,17)14-9-7-6-8-12(14)4/h6-9,11,13,15H,5,10H2,1-4H3. The highest BCUT2D eigenvalue weighted by atomic mass is 32.2. The quantitative estimate of drug-likeness (QED) is 0.862. The summed E-state index contributed by atoms with van der Waals surface area (Å²) in [4.78, 5) is 0.452. The Morgan fingerprint density at radius 3 is 2.33 bits per heavy atom. The Balaban J connectivity index is 2.97. The first-order valence-corrected chi connectivity index (χ1v) is 8.05. The second kappa shape index (κ2) is 6.34. The van der Waals surface area contributed by atoms with Gasteiger partial charge in [0, 0.05) is 6.04 Å². The van der Waals surface area contributed by atoms with E-state index in [2.05, 4.69) is 5.32 Å². The van der Waals surface area contributed by atoms with Crippen molar-refractivity contribution in [3.05, 3.63) is 29.8 Å². The highest BCUT2D eigenvalue weighted by Crippen LogP contribution is 2.18. The summed E-state index contributed by atoms with van der Waals surface area (Å²) in [5.41, 5.74) is 0.816. The van der Waals surface area contributed by atoms with Crippen molar-refractivity contribution in [3.8, 4) is 0 Å². The number of benzene rings is 1. The number of nitrogens with one attached hydrogen (secondary N) is 1. The molecule has 0 fully saturated rings. The van der Waals surface area contributed by atoms with E-state index in [9.17, 15) is 8.42 Å². The molecule has 0 saturated carbocycles. The van der Waals surface area contributed by atoms with Gasteiger partial charge in [0.15, 0.2) is 9.84 Å². The van der Waals surface area contributed by atoms with Crippen LogP contribution in [0.1, 0.15) is 26.3 Å². The third kappa shape index (κ3) is 3.82. The second-order valence-corrected chi connectivity index (χ2v) is 6.96. The molecular weight excluding hydrogens is 246 g/mol. The zero-order valence-electron chi connectivity index (χ0n) is 11.6. The third-order valence-corrected chi connectivity index (χ3v) is 5.02. The SMILES string of the molecule is CCNC(CS(=O)(=O)c1ccccc1C)C(C)C. The van der Waals surface area contributed by atoms with Crippen molar-refractivity contribution in [1.82, 2.24) is 5.32 Å². The lowest BCUT2D eigenvalue weighted by molar-refractivity contribution is 0.435. The number of rotatable bonds is 6. The molecule has 3 nitrogen and oxygen atoms in total. The van der Waals surface area contributed by atoms with Crippen LogP contribution in [0.25, 0.3) is 0 Å². The van der Waals surface area contributed by atoms with Gasteiger partial charge in [0.05, 0.1) is 10.6 Å². The van der Waals surface area contributed by atoms with Gasteiger partial charge in [-0.15, -0.1) is 0 Å². The molecule has 0 heterocycles. The molecule has 0 saturated heterocycles. The first kappa shape index (κ1) is 15.2. The maximum atomic E-state index is 12.4. The Morgan fingerprint density at radius 1 is 1.22 bits per heavy atom. The molecule has 1 aromatic rings. The number of sulfone groups is 1. The third-order valence-electron chi connectivity index (χ3n) is 3.10. The van der Waals surface area contributed by atoms with Gasteiger partial charge in [-0.2, -0.15) is 0 Å². The summed E-state index contributed by atoms with van der Waals surface area (Å²) in [6, 6.07) is 7.16. The van der Waals surface area contributed by atoms with Crippen LogP contribution in [0.15, 0.2) is 29.2 Å². The smallest absolute Gasteiger partial charge is 0.180 e. The zero-order valence-corrected chi connectivity index (χ0v) is 12.4. The van der Waals surface area contributed by atoms with Crippen LogP contribution in [-0.2, 0) is 9.84 Å². The van der Waals surface area contributed by atoms with E-state index >= 15 is 0 Å². The molecule has 1 atom stereocenters. The van der Waals surface area contributed by atoms with Crippen LogP contribution in [0.5, 0.6) is 0 Å². The summed E-state index contributed by atoms with van der Waals surface area (Å²) in [6.07, 6.45) is 0. The maximum absolute atomic E-state index is 12.4. The lowest BCUT2D eigenvalue weighted by Crippen LogP contribution is -2.39. The number of hydrogen-bond acceptors (Lipinski definition) is 3. The monoisotopic (exact) mass is 269 g/mol. The maximum Gasteiger partial charge on any atom is 0.180 e. The van der Waals surface area contributed by atoms with Crippen molar-refractivity contribution < 1.29 is 8.42 Å². The van der Waals surface area contributed by atoms with Crippen molar-refractivity contribution in [1.29, 1.82) is 0 Å². The average molecular weight is 269 g/mol. The molecule has 4 heteroatoms. The summed E-state index contributed by atoms with van der Waals surface area (Å²) in [5, 5.41) is 3.25. The van der Waals surface area contributed by atoms with Crippen LogP contribution in [-0.4, -0.2) is 26.8 Å². The Morgan fingerprint density at radius 2 is 1.83 bits per heavy atom. The molecule has 0 amide bonds. The topological polar surface area (TPSA) is 46.2 Å². The minimum absolute atomic E-state index is 0.000365. The molecule has 0 aromatic heterocycles. The fourth-order valence-electron chi connectivity index (χ4n) is 1.98. The second-order valence-electron chi connectivity index (χ2n) is 4.96. The predicted octanol–water partition coefficient (Wildman–Crippen LogP) is 2.40. The molecular formula is C14H23NO2S. The molecule has 0 aliphatic heterocycles. The minimum Gasteiger partial charge on any atom is -0.313 e. The molecule has 0 radical (unpaired) electrons. The highest BCUT2D eigenvalue weighted by Gasteiger charge is 2.23. The van der Waals surface area contributed by atoms with E-state index in [1.807, 2.05) is 39.8 Å². The van der Waals surface area contributed by atoms with E-state index in [0.717, 1.165) is 12.1 Å². The minimum atomic E-state index is -3.22. The predicted molar refractivity (Wildman–Crippen MR) is 75.5 cm³/mol. The van der Waals surface area contributed by atoms with Crippen LogP contribution >= 0.6 is 0 Å². The van der Waals surface area contributed by atoms with Gasteiger partial charge in [0.2, 0.25) is 0 Å². The molecule has 102 valence electrons. The highest BCUT2D eigenvalue weighted by molar-refractivity contribution is 7.91. The molecule has 18 heavy (non-hydrogen) atoms. The molecule has 1 rings (SSSR count). The molecule has 0 aliphatic carbocycles. The zero-order chi connectivity index (χ0) is 13.8. The van der Waals surface area contributed by atoms with E-state index in [1.165, 1.54) is 0 Å². The molecule has 1 N–H and O–H groups in total. The van der Waals surface area contributed by atoms with Crippen LogP contribution in [0, 0.1) is 12.8 Å². The van der Waals surface area contributed by atoms with E-state index in [0.29, 0.717) is 10.8 Å². The Hall–Kier alpha value is -0.870. The van der Waals surface area contributed by atoms with Crippen LogP contribution < -0.4 is 5.32 Å². The Bertz CT molecular complexity index is 480. The summed E-state index contributed by atoms with van der Waals surface area (Å²) < 4.78 is 24.8. The van der Waals surface area contributed by atoms with Crippen LogP contribution in [0.3, 0.4) is 0 Å². The van der Waals surface area contributed by atoms with E-state index < -0.39 is 9.84 Å². The molecule has 0 bridgehead atoms. The Kier molecular flexibility index (Phi) is 5.35.